The molecule has 21 rings (SSSR count). The molecule has 9 fully saturated rings. The number of nitrogens with one attached hydrogen (secondary N) is 3. The average Bonchev–Trinajstić information content (AvgIpc) is 1.62. The molecule has 6 unspecified atom stereocenters. The number of hydrogen-bond donors (Lipinski definition) is 20. The molecule has 70 heteroatoms. The van der Waals surface area contributed by atoms with E-state index in [1.165, 1.54) is 50.9 Å². The number of phosphoric ester groups is 6. The van der Waals surface area contributed by atoms with Crippen molar-refractivity contribution in [1.29, 1.82) is 0 Å². The topological polar surface area (TPSA) is 925 Å². The summed E-state index contributed by atoms with van der Waals surface area (Å²) in [5.74, 6) is -0.532. The number of benzene rings is 1. The van der Waals surface area contributed by atoms with Gasteiger partial charge in [0.15, 0.2) is 64.8 Å². The van der Waals surface area contributed by atoms with Crippen molar-refractivity contribution >= 4 is 137 Å². The lowest BCUT2D eigenvalue weighted by molar-refractivity contribution is -0.0690. The van der Waals surface area contributed by atoms with E-state index >= 15 is 0 Å². The monoisotopic (exact) mass is 2000 g/mol. The van der Waals surface area contributed by atoms with Crippen molar-refractivity contribution in [1.82, 2.24) is 93.1 Å². The van der Waals surface area contributed by atoms with Crippen molar-refractivity contribution in [3.05, 3.63) is 117 Å². The van der Waals surface area contributed by atoms with Gasteiger partial charge in [-0.1, -0.05) is 11.3 Å². The zero-order valence-corrected chi connectivity index (χ0v) is 72.8. The van der Waals surface area contributed by atoms with Crippen LogP contribution in [0.1, 0.15) is 42.4 Å². The number of imidazole rings is 4. The fourth-order valence-corrected chi connectivity index (χ4v) is 22.1. The third kappa shape index (κ3) is 17.8. The van der Waals surface area contributed by atoms with E-state index in [1.54, 1.807) is 18.2 Å². The van der Waals surface area contributed by atoms with E-state index < -0.39 is 250 Å². The number of phosphoric acid groups is 6. The maximum Gasteiger partial charge on any atom is 0.472 e. The Morgan fingerprint density at radius 1 is 0.396 bits per heavy atom. The number of rotatable bonds is 6. The van der Waals surface area contributed by atoms with Crippen LogP contribution in [0.15, 0.2) is 93.7 Å². The summed E-state index contributed by atoms with van der Waals surface area (Å²) in [5, 5.41) is 63.4. The van der Waals surface area contributed by atoms with Crippen LogP contribution in [0.2, 0.25) is 0 Å². The summed E-state index contributed by atoms with van der Waals surface area (Å²) in [6.07, 6.45) is -26.2. The highest BCUT2D eigenvalue weighted by atomic mass is 31.2. The third-order valence-electron chi connectivity index (χ3n) is 22.5. The molecule has 10 aliphatic rings. The molecule has 20 heterocycles. The molecular formula is C64H76N26O38P6. The van der Waals surface area contributed by atoms with Gasteiger partial charge in [-0.15, -0.1) is 5.10 Å². The second-order valence-corrected chi connectivity index (χ2v) is 39.4. The molecule has 10 aliphatic heterocycles. The number of pyridine rings is 2. The standard InChI is InChI=1S/C22H25N7O13P2.C21H26N10O12P2.C21H25N9O13P2/c23-9-1-2-24-20-13(9)28-7-29(20)22-16(31)17-11(40-22)5-38-44(35,36)42-19-15(30)10(4-37-43(33,34)41-17)39-18(19)14-12-8(3-25-14)21(32)27-6-26-12;22-7-1-2-25-16-11(7)26-5-30(16)19-13(32)14-9(41-19)4-39-45(36,37)43-15-10(23)8(3-38-44(34,35)42-14)40-20(15)31-6-27-12-17(31)28-21(24)29-18(12)33;22-7-2-1-3-8-11(7)27-28-30(8)19-14(32)15-10(41-19)5-39-45(36,37)43-16-13(31)9(4-38-44(34,35)42-15)40-20(16)29-6-24-12-17(29)25-21(23)26-18(12)33/h1-2,6-7,10-11,15-19,22,30-31H,3-5H2,(H2,23,24)(H,33,34)(H,35,36)(H,26,27,32);1-2,5-6,8-10,13-15,19-20,32H,3-4,23H2,(H2,22,25)(H,34,35)(H,36,37)(H3,24,28,29,33);1-3,6,9-10,13-16,19-20,31-32H,4-5,22H2,(H,34,35)(H,36,37)(H3,23,25,26,33)/t10-,11-,15-,16-,17-,18+,19-,22-;8-,9-,10-,13-,14-,15-,19-,20-;9-,10-,13-,14-,15-,16-,19-,20-/m111/s1. The van der Waals surface area contributed by atoms with Gasteiger partial charge >= 0.3 is 46.9 Å². The Morgan fingerprint density at radius 2 is 0.784 bits per heavy atom. The van der Waals surface area contributed by atoms with Crippen molar-refractivity contribution in [2.45, 2.75) is 154 Å². The van der Waals surface area contributed by atoms with Crippen LogP contribution < -0.4 is 51.1 Å². The Morgan fingerprint density at radius 3 is 1.28 bits per heavy atom. The molecule has 0 saturated carbocycles. The first kappa shape index (κ1) is 93.3. The fourth-order valence-electron chi connectivity index (χ4n) is 16.3. The second-order valence-electron chi connectivity index (χ2n) is 31.0. The van der Waals surface area contributed by atoms with E-state index in [1.807, 2.05) is 0 Å². The number of aromatic amines is 3. The number of aliphatic imine (C=N–C) groups is 1. The van der Waals surface area contributed by atoms with Crippen molar-refractivity contribution in [3.8, 4) is 0 Å². The fraction of sp³-hybridized carbons (Fsp3) is 0.484. The number of anilines is 5. The molecule has 26 N–H and O–H groups in total. The van der Waals surface area contributed by atoms with Gasteiger partial charge in [-0.3, -0.25) is 102 Å². The summed E-state index contributed by atoms with van der Waals surface area (Å²) in [5.41, 5.74) is 36.0. The molecule has 0 radical (unpaired) electrons. The van der Waals surface area contributed by atoms with Crippen LogP contribution in [-0.4, -0.2) is 309 Å². The van der Waals surface area contributed by atoms with E-state index in [4.69, 9.17) is 117 Å². The maximum absolute atomic E-state index is 13.2. The smallest absolute Gasteiger partial charge is 0.397 e. The van der Waals surface area contributed by atoms with Gasteiger partial charge in [-0.2, -0.15) is 9.97 Å². The predicted octanol–water partition coefficient (Wildman–Crippen LogP) is -5.00. The number of nitrogen functional groups attached to an aromatic ring is 5. The Hall–Kier alpha value is -9.71. The summed E-state index contributed by atoms with van der Waals surface area (Å²) < 4.78 is 183. The van der Waals surface area contributed by atoms with Crippen LogP contribution in [0.3, 0.4) is 0 Å². The molecule has 0 spiro atoms. The zero-order chi connectivity index (χ0) is 94.6. The van der Waals surface area contributed by atoms with Gasteiger partial charge in [0.25, 0.3) is 16.7 Å². The molecule has 64 nitrogen and oxygen atoms in total. The lowest BCUT2D eigenvalue weighted by atomic mass is 10.0. The number of fused-ring (bicyclic) bond motifs is 15. The SMILES string of the molecule is Nc1ccnc2c1ncn2[C@@H]1O[C@@H]2COP(=O)(O)O[C@@H]3[C@H](O)[C@@H](COP(=O)(O)O[C@H]2[C@H]1O)O[C@H]3C1=NCc2c1nc[nH]c2=O.Nc1nc2c(ncn2[C@@H]2O[C@@H]3COP(=O)(O)O[C@H]4[C@@H](O)[C@H](n5cnc6c(N)ccnc65)O[C@@H]4COP(=O)(O)O[C@@H]2[C@@H]3N)c(=O)[nH]1.Nc1nc2c(ncn2[C@@H]2O[C@@H]3COP(=O)(O)O[C@H]4[C@@H](O)[C@H](n5nnc6c(N)cccc65)O[C@@H]4COP(=O)(O)O[C@@H]2[C@@H]3O)c(=O)[nH]1. The first-order valence-corrected chi connectivity index (χ1v) is 48.4. The van der Waals surface area contributed by atoms with Crippen LogP contribution in [-0.2, 0) is 117 Å². The van der Waals surface area contributed by atoms with Crippen LogP contribution >= 0.6 is 46.9 Å². The van der Waals surface area contributed by atoms with Crippen molar-refractivity contribution in [2.75, 3.05) is 68.3 Å². The lowest BCUT2D eigenvalue weighted by Gasteiger charge is -2.26. The molecule has 6 bridgehead atoms. The molecule has 1 aromatic carbocycles. The van der Waals surface area contributed by atoms with Gasteiger partial charge in [0.1, 0.15) is 126 Å². The molecule has 0 aliphatic carbocycles. The van der Waals surface area contributed by atoms with Crippen LogP contribution in [0, 0.1) is 0 Å². The number of aliphatic hydroxyl groups is 5. The highest BCUT2D eigenvalue weighted by Gasteiger charge is 2.60. The minimum Gasteiger partial charge on any atom is -0.397 e. The average molecular weight is 2000 g/mol. The van der Waals surface area contributed by atoms with Crippen molar-refractivity contribution in [3.63, 3.8) is 0 Å². The Bertz CT molecular complexity index is 6670. The molecule has 720 valence electrons. The van der Waals surface area contributed by atoms with Crippen molar-refractivity contribution < 1.29 is 165 Å². The normalized spacial score (nSPS) is 38.2. The van der Waals surface area contributed by atoms with E-state index in [0.717, 1.165) is 28.2 Å². The van der Waals surface area contributed by atoms with Gasteiger partial charge in [0.2, 0.25) is 11.9 Å². The summed E-state index contributed by atoms with van der Waals surface area (Å²) in [6.45, 7) is -4.76. The number of ether oxygens (including phenoxy) is 6. The van der Waals surface area contributed by atoms with Gasteiger partial charge in [-0.05, 0) is 24.3 Å². The summed E-state index contributed by atoms with van der Waals surface area (Å²) in [6, 6.07) is 6.54. The first-order chi connectivity index (χ1) is 63.6. The van der Waals surface area contributed by atoms with Gasteiger partial charge in [-0.25, -0.2) is 67.0 Å². The minimum absolute atomic E-state index is 0.0418. The zero-order valence-electron chi connectivity index (χ0n) is 67.4. The minimum atomic E-state index is -5.11. The Kier molecular flexibility index (Phi) is 24.6. The third-order valence-corrected chi connectivity index (χ3v) is 28.5. The van der Waals surface area contributed by atoms with E-state index in [0.29, 0.717) is 27.9 Å². The second kappa shape index (κ2) is 35.4. The highest BCUT2D eigenvalue weighted by molar-refractivity contribution is 7.48. The summed E-state index contributed by atoms with van der Waals surface area (Å²) >= 11 is 0. The number of H-pyrrole nitrogens is 3. The molecule has 10 aromatic heterocycles. The Balaban J connectivity index is 0.000000129. The maximum atomic E-state index is 13.2. The molecular weight excluding hydrogens is 1930 g/mol. The molecule has 9 saturated heterocycles. The number of nitrogens with two attached hydrogens (primary N) is 6. The number of aliphatic hydroxyl groups excluding tert-OH is 5. The van der Waals surface area contributed by atoms with E-state index in [-0.39, 0.29) is 80.2 Å². The van der Waals surface area contributed by atoms with Crippen LogP contribution in [0.25, 0.3) is 55.7 Å². The lowest BCUT2D eigenvalue weighted by Crippen LogP contribution is -2.42. The molecule has 30 atom stereocenters. The predicted molar refractivity (Wildman–Crippen MR) is 436 cm³/mol. The molecule has 11 aromatic rings. The van der Waals surface area contributed by atoms with E-state index in [9.17, 15) is 96.7 Å². The first-order valence-electron chi connectivity index (χ1n) is 39.4. The Labute approximate surface area is 741 Å². The van der Waals surface area contributed by atoms with Gasteiger partial charge in [0, 0.05) is 12.4 Å². The largest absolute Gasteiger partial charge is 0.472 e. The summed E-state index contributed by atoms with van der Waals surface area (Å²) in [4.78, 5) is 149. The van der Waals surface area contributed by atoms with Gasteiger partial charge < -0.3 is 123 Å². The van der Waals surface area contributed by atoms with Crippen LogP contribution in [0.4, 0.5) is 29.0 Å². The van der Waals surface area contributed by atoms with Crippen LogP contribution in [0.5, 0.6) is 0 Å². The molecule has 134 heavy (non-hydrogen) atoms. The molecule has 0 amide bonds. The number of nitrogens with zero attached hydrogens (tertiary/aromatic N) is 17. The summed E-state index contributed by atoms with van der Waals surface area (Å²) in [7, 11) is -30.3. The highest BCUT2D eigenvalue weighted by Crippen LogP contribution is 2.59. The number of hydrogen-bond acceptors (Lipinski definition) is 50. The van der Waals surface area contributed by atoms with E-state index in [2.05, 4.69) is 75.1 Å². The quantitative estimate of drug-likeness (QED) is 0.0547. The number of aromatic nitrogens is 19. The van der Waals surface area contributed by atoms with Crippen molar-refractivity contribution in [2.24, 2.45) is 10.7 Å². The van der Waals surface area contributed by atoms with Gasteiger partial charge in [0.05, 0.1) is 123 Å².